The molecule has 3 heterocycles. The summed E-state index contributed by atoms with van der Waals surface area (Å²) in [5.74, 6) is -1.79. The van der Waals surface area contributed by atoms with Crippen molar-refractivity contribution in [2.75, 3.05) is 13.2 Å². The van der Waals surface area contributed by atoms with E-state index in [9.17, 15) is 18.8 Å². The lowest BCUT2D eigenvalue weighted by molar-refractivity contribution is 0.0429. The van der Waals surface area contributed by atoms with E-state index < -0.39 is 23.6 Å². The SMILES string of the molecule is Cc1ccc(-c2noc(COC(=O)c3ccc4c(c3)C(=O)N(CC3CCCO3)C4=O)n2)cc1F. The number of carbonyl (C=O) groups excluding carboxylic acids is 3. The summed E-state index contributed by atoms with van der Waals surface area (Å²) in [7, 11) is 0. The Morgan fingerprint density at radius 2 is 2.00 bits per heavy atom. The third-order valence-corrected chi connectivity index (χ3v) is 5.84. The Balaban J connectivity index is 1.25. The van der Waals surface area contributed by atoms with Crippen LogP contribution in [0.2, 0.25) is 0 Å². The zero-order chi connectivity index (χ0) is 23.8. The molecular weight excluding hydrogens is 445 g/mol. The van der Waals surface area contributed by atoms with Crippen LogP contribution >= 0.6 is 0 Å². The first kappa shape index (κ1) is 21.9. The first-order chi connectivity index (χ1) is 16.4. The summed E-state index contributed by atoms with van der Waals surface area (Å²) in [6.07, 6.45) is 1.52. The molecule has 2 aliphatic heterocycles. The van der Waals surface area contributed by atoms with Gasteiger partial charge in [-0.3, -0.25) is 14.5 Å². The summed E-state index contributed by atoms with van der Waals surface area (Å²) < 4.78 is 29.6. The van der Waals surface area contributed by atoms with Crippen LogP contribution in [0.25, 0.3) is 11.4 Å². The topological polar surface area (TPSA) is 112 Å². The van der Waals surface area contributed by atoms with Gasteiger partial charge in [0.2, 0.25) is 5.82 Å². The second-order valence-corrected chi connectivity index (χ2v) is 8.17. The second-order valence-electron chi connectivity index (χ2n) is 8.17. The van der Waals surface area contributed by atoms with Crippen molar-refractivity contribution in [3.8, 4) is 11.4 Å². The standard InChI is InChI=1S/C24H20FN3O6/c1-13-4-5-14(10-19(13)25)21-26-20(34-27-21)12-33-24(31)15-6-7-17-18(9-15)23(30)28(22(17)29)11-16-3-2-8-32-16/h4-7,9-10,16H,2-3,8,11-12H2,1H3. The van der Waals surface area contributed by atoms with Gasteiger partial charge in [-0.15, -0.1) is 0 Å². The zero-order valence-corrected chi connectivity index (χ0v) is 18.2. The minimum atomic E-state index is -0.721. The van der Waals surface area contributed by atoms with Crippen LogP contribution in [0.15, 0.2) is 40.9 Å². The fourth-order valence-electron chi connectivity index (χ4n) is 3.95. The van der Waals surface area contributed by atoms with Crippen molar-refractivity contribution in [1.29, 1.82) is 0 Å². The number of carbonyl (C=O) groups is 3. The number of esters is 1. The highest BCUT2D eigenvalue weighted by atomic mass is 19.1. The van der Waals surface area contributed by atoms with E-state index in [2.05, 4.69) is 10.1 Å². The van der Waals surface area contributed by atoms with E-state index in [1.807, 2.05) is 0 Å². The maximum Gasteiger partial charge on any atom is 0.338 e. The van der Waals surface area contributed by atoms with Crippen molar-refractivity contribution < 1.29 is 32.8 Å². The van der Waals surface area contributed by atoms with Crippen LogP contribution in [-0.2, 0) is 16.1 Å². The molecule has 2 aliphatic rings. The lowest BCUT2D eigenvalue weighted by Crippen LogP contribution is -2.36. The van der Waals surface area contributed by atoms with Crippen molar-refractivity contribution >= 4 is 17.8 Å². The summed E-state index contributed by atoms with van der Waals surface area (Å²) >= 11 is 0. The maximum atomic E-state index is 13.8. The molecule has 2 aromatic carbocycles. The third kappa shape index (κ3) is 4.08. The van der Waals surface area contributed by atoms with Crippen LogP contribution < -0.4 is 0 Å². The molecular formula is C24H20FN3O6. The highest BCUT2D eigenvalue weighted by molar-refractivity contribution is 6.22. The van der Waals surface area contributed by atoms with Gasteiger partial charge in [-0.2, -0.15) is 4.98 Å². The molecule has 9 nitrogen and oxygen atoms in total. The number of aryl methyl sites for hydroxylation is 1. The molecule has 10 heteroatoms. The van der Waals surface area contributed by atoms with Gasteiger partial charge in [-0.25, -0.2) is 9.18 Å². The highest BCUT2D eigenvalue weighted by Crippen LogP contribution is 2.26. The third-order valence-electron chi connectivity index (χ3n) is 5.84. The van der Waals surface area contributed by atoms with E-state index in [4.69, 9.17) is 14.0 Å². The van der Waals surface area contributed by atoms with Crippen molar-refractivity contribution in [3.63, 3.8) is 0 Å². The second kappa shape index (κ2) is 8.79. The summed E-state index contributed by atoms with van der Waals surface area (Å²) in [5.41, 5.74) is 1.43. The predicted octanol–water partition coefficient (Wildman–Crippen LogP) is 3.32. The van der Waals surface area contributed by atoms with E-state index in [1.54, 1.807) is 19.1 Å². The molecule has 1 atom stereocenters. The lowest BCUT2D eigenvalue weighted by Gasteiger charge is -2.17. The van der Waals surface area contributed by atoms with Crippen molar-refractivity contribution in [2.45, 2.75) is 32.5 Å². The van der Waals surface area contributed by atoms with Gasteiger partial charge >= 0.3 is 5.97 Å². The lowest BCUT2D eigenvalue weighted by atomic mass is 10.1. The molecule has 0 radical (unpaired) electrons. The molecule has 1 aromatic heterocycles. The Bertz CT molecular complexity index is 1300. The Morgan fingerprint density at radius 3 is 2.76 bits per heavy atom. The van der Waals surface area contributed by atoms with Crippen LogP contribution in [0.1, 0.15) is 55.4 Å². The average Bonchev–Trinajstić information content (AvgIpc) is 3.57. The van der Waals surface area contributed by atoms with Gasteiger partial charge in [0.1, 0.15) is 5.82 Å². The Morgan fingerprint density at radius 1 is 1.18 bits per heavy atom. The average molecular weight is 465 g/mol. The number of benzene rings is 2. The highest BCUT2D eigenvalue weighted by Gasteiger charge is 2.38. The molecule has 1 saturated heterocycles. The van der Waals surface area contributed by atoms with Gasteiger partial charge in [-0.1, -0.05) is 17.3 Å². The number of halogens is 1. The Labute approximate surface area is 193 Å². The molecule has 0 saturated carbocycles. The van der Waals surface area contributed by atoms with Gasteiger partial charge in [0.15, 0.2) is 6.61 Å². The summed E-state index contributed by atoms with van der Waals surface area (Å²) in [5, 5.41) is 3.78. The molecule has 5 rings (SSSR count). The molecule has 1 unspecified atom stereocenters. The van der Waals surface area contributed by atoms with E-state index in [-0.39, 0.29) is 47.7 Å². The maximum absolute atomic E-state index is 13.8. The van der Waals surface area contributed by atoms with Crippen LogP contribution in [-0.4, -0.2) is 52.1 Å². The quantitative estimate of drug-likeness (QED) is 0.403. The van der Waals surface area contributed by atoms with Crippen LogP contribution in [0, 0.1) is 12.7 Å². The number of nitrogens with zero attached hydrogens (tertiary/aromatic N) is 3. The number of hydrogen-bond donors (Lipinski definition) is 0. The normalized spacial score (nSPS) is 17.4. The summed E-state index contributed by atoms with van der Waals surface area (Å²) in [6, 6.07) is 8.77. The van der Waals surface area contributed by atoms with Gasteiger partial charge in [0.05, 0.1) is 29.3 Å². The number of ether oxygens (including phenoxy) is 2. The van der Waals surface area contributed by atoms with Crippen LogP contribution in [0.5, 0.6) is 0 Å². The molecule has 0 N–H and O–H groups in total. The largest absolute Gasteiger partial charge is 0.452 e. The monoisotopic (exact) mass is 465 g/mol. The number of aromatic nitrogens is 2. The van der Waals surface area contributed by atoms with Gasteiger partial charge in [0.25, 0.3) is 17.7 Å². The van der Waals surface area contributed by atoms with E-state index in [0.29, 0.717) is 17.7 Å². The zero-order valence-electron chi connectivity index (χ0n) is 18.2. The van der Waals surface area contributed by atoms with E-state index in [1.165, 1.54) is 24.3 Å². The van der Waals surface area contributed by atoms with Crippen molar-refractivity contribution in [3.05, 3.63) is 70.4 Å². The number of imide groups is 1. The Hall–Kier alpha value is -3.92. The predicted molar refractivity (Wildman–Crippen MR) is 114 cm³/mol. The number of amides is 2. The molecule has 0 aliphatic carbocycles. The van der Waals surface area contributed by atoms with Crippen molar-refractivity contribution in [1.82, 2.24) is 15.0 Å². The molecule has 3 aromatic rings. The Kier molecular flexibility index (Phi) is 5.66. The smallest absolute Gasteiger partial charge is 0.338 e. The minimum absolute atomic E-state index is 0.0273. The molecule has 2 amide bonds. The fraction of sp³-hybridized carbons (Fsp3) is 0.292. The molecule has 174 valence electrons. The first-order valence-corrected chi connectivity index (χ1v) is 10.8. The van der Waals surface area contributed by atoms with Gasteiger partial charge < -0.3 is 14.0 Å². The number of hydrogen-bond acceptors (Lipinski definition) is 8. The van der Waals surface area contributed by atoms with Crippen LogP contribution in [0.3, 0.4) is 0 Å². The number of rotatable bonds is 6. The van der Waals surface area contributed by atoms with Crippen molar-refractivity contribution in [2.24, 2.45) is 0 Å². The van der Waals surface area contributed by atoms with E-state index in [0.717, 1.165) is 17.7 Å². The summed E-state index contributed by atoms with van der Waals surface area (Å²) in [6.45, 7) is 2.14. The van der Waals surface area contributed by atoms with Gasteiger partial charge in [-0.05, 0) is 49.6 Å². The number of fused-ring (bicyclic) bond motifs is 1. The molecule has 0 bridgehead atoms. The van der Waals surface area contributed by atoms with E-state index >= 15 is 0 Å². The molecule has 34 heavy (non-hydrogen) atoms. The first-order valence-electron chi connectivity index (χ1n) is 10.8. The van der Waals surface area contributed by atoms with Gasteiger partial charge in [0, 0.05) is 12.2 Å². The molecule has 0 spiro atoms. The minimum Gasteiger partial charge on any atom is -0.452 e. The molecule has 1 fully saturated rings. The van der Waals surface area contributed by atoms with Crippen LogP contribution in [0.4, 0.5) is 4.39 Å². The summed E-state index contributed by atoms with van der Waals surface area (Å²) in [4.78, 5) is 43.2. The fourth-order valence-corrected chi connectivity index (χ4v) is 3.95.